The number of carbonyl (C=O) groups is 1. The molecule has 0 saturated carbocycles. The summed E-state index contributed by atoms with van der Waals surface area (Å²) in [7, 11) is 0. The van der Waals surface area contributed by atoms with Crippen LogP contribution in [0.25, 0.3) is 0 Å². The number of piperazine rings is 1. The molecule has 1 aliphatic rings. The zero-order valence-corrected chi connectivity index (χ0v) is 11.4. The van der Waals surface area contributed by atoms with Crippen LogP contribution in [0.4, 0.5) is 0 Å². The van der Waals surface area contributed by atoms with Crippen LogP contribution in [0.2, 0.25) is 0 Å². The minimum Gasteiger partial charge on any atom is -0.323 e. The van der Waals surface area contributed by atoms with Gasteiger partial charge in [0.1, 0.15) is 6.04 Å². The van der Waals surface area contributed by atoms with Crippen LogP contribution in [0.15, 0.2) is 30.3 Å². The molecule has 1 aliphatic heterocycles. The van der Waals surface area contributed by atoms with Gasteiger partial charge in [0.15, 0.2) is 0 Å². The minimum atomic E-state index is -0.603. The molecule has 4 heteroatoms. The molecule has 1 saturated heterocycles. The van der Waals surface area contributed by atoms with Crippen LogP contribution in [0.3, 0.4) is 0 Å². The maximum absolute atomic E-state index is 12.7. The van der Waals surface area contributed by atoms with E-state index < -0.39 is 5.41 Å². The van der Waals surface area contributed by atoms with E-state index in [-0.39, 0.29) is 11.9 Å². The van der Waals surface area contributed by atoms with Crippen molar-refractivity contribution in [2.24, 2.45) is 0 Å². The van der Waals surface area contributed by atoms with Crippen molar-refractivity contribution in [1.29, 1.82) is 5.26 Å². The number of nitrogens with zero attached hydrogens (tertiary/aromatic N) is 2. The highest BCUT2D eigenvalue weighted by molar-refractivity contribution is 5.88. The molecule has 1 aromatic carbocycles. The van der Waals surface area contributed by atoms with Crippen LogP contribution in [-0.4, -0.2) is 36.5 Å². The van der Waals surface area contributed by atoms with Crippen LogP contribution in [0.5, 0.6) is 0 Å². The molecule has 100 valence electrons. The first-order valence-corrected chi connectivity index (χ1v) is 6.54. The lowest BCUT2D eigenvalue weighted by Gasteiger charge is -2.37. The van der Waals surface area contributed by atoms with Gasteiger partial charge in [-0.2, -0.15) is 5.26 Å². The van der Waals surface area contributed by atoms with Crippen molar-refractivity contribution in [3.8, 4) is 6.07 Å². The lowest BCUT2D eigenvalue weighted by molar-refractivity contribution is -0.138. The van der Waals surface area contributed by atoms with E-state index in [1.165, 1.54) is 0 Å². The average molecular weight is 257 g/mol. The Labute approximate surface area is 114 Å². The van der Waals surface area contributed by atoms with Gasteiger partial charge in [-0.15, -0.1) is 0 Å². The monoisotopic (exact) mass is 257 g/mol. The van der Waals surface area contributed by atoms with Crippen LogP contribution < -0.4 is 5.32 Å². The van der Waals surface area contributed by atoms with E-state index in [9.17, 15) is 4.79 Å². The molecule has 0 aromatic heterocycles. The van der Waals surface area contributed by atoms with Crippen molar-refractivity contribution < 1.29 is 4.79 Å². The number of nitriles is 1. The number of nitrogens with one attached hydrogen (secondary N) is 1. The van der Waals surface area contributed by atoms with Gasteiger partial charge in [-0.05, 0) is 19.4 Å². The summed E-state index contributed by atoms with van der Waals surface area (Å²) in [5.41, 5.74) is 0.378. The summed E-state index contributed by atoms with van der Waals surface area (Å²) >= 11 is 0. The smallest absolute Gasteiger partial charge is 0.233 e. The molecule has 0 bridgehead atoms. The summed E-state index contributed by atoms with van der Waals surface area (Å²) < 4.78 is 0. The number of benzene rings is 1. The Morgan fingerprint density at radius 2 is 2.11 bits per heavy atom. The molecular formula is C15H19N3O. The molecule has 0 aliphatic carbocycles. The highest BCUT2D eigenvalue weighted by Crippen LogP contribution is 2.26. The van der Waals surface area contributed by atoms with Gasteiger partial charge in [-0.25, -0.2) is 0 Å². The van der Waals surface area contributed by atoms with Crippen molar-refractivity contribution in [3.05, 3.63) is 35.9 Å². The zero-order valence-electron chi connectivity index (χ0n) is 11.4. The van der Waals surface area contributed by atoms with Gasteiger partial charge in [-0.1, -0.05) is 30.3 Å². The normalized spacial score (nSPS) is 19.8. The zero-order chi connectivity index (χ0) is 13.9. The number of amides is 1. The first kappa shape index (κ1) is 13.6. The third kappa shape index (κ3) is 2.61. The van der Waals surface area contributed by atoms with Crippen molar-refractivity contribution in [1.82, 2.24) is 10.2 Å². The Bertz CT molecular complexity index is 490. The molecule has 1 aromatic rings. The summed E-state index contributed by atoms with van der Waals surface area (Å²) in [6.07, 6.45) is 0. The van der Waals surface area contributed by atoms with E-state index >= 15 is 0 Å². The van der Waals surface area contributed by atoms with Crippen LogP contribution in [0, 0.1) is 11.3 Å². The Morgan fingerprint density at radius 1 is 1.42 bits per heavy atom. The SMILES string of the molecule is CC(C)(C(=O)N1CCNCC1C#N)c1ccccc1. The quantitative estimate of drug-likeness (QED) is 0.868. The van der Waals surface area contributed by atoms with Crippen molar-refractivity contribution in [3.63, 3.8) is 0 Å². The van der Waals surface area contributed by atoms with Gasteiger partial charge >= 0.3 is 0 Å². The molecule has 2 rings (SSSR count). The van der Waals surface area contributed by atoms with Gasteiger partial charge < -0.3 is 10.2 Å². The Balaban J connectivity index is 2.25. The van der Waals surface area contributed by atoms with Crippen molar-refractivity contribution in [2.45, 2.75) is 25.3 Å². The summed E-state index contributed by atoms with van der Waals surface area (Å²) in [6, 6.07) is 11.6. The fourth-order valence-electron chi connectivity index (χ4n) is 2.40. The second-order valence-corrected chi connectivity index (χ2v) is 5.34. The lowest BCUT2D eigenvalue weighted by atomic mass is 9.82. The van der Waals surface area contributed by atoms with E-state index in [2.05, 4.69) is 11.4 Å². The number of hydrogen-bond donors (Lipinski definition) is 1. The predicted octanol–water partition coefficient (Wildman–Crippen LogP) is 1.29. The van der Waals surface area contributed by atoms with Crippen molar-refractivity contribution in [2.75, 3.05) is 19.6 Å². The van der Waals surface area contributed by atoms with Crippen molar-refractivity contribution >= 4 is 5.91 Å². The topological polar surface area (TPSA) is 56.1 Å². The number of rotatable bonds is 2. The maximum Gasteiger partial charge on any atom is 0.233 e. The first-order valence-electron chi connectivity index (χ1n) is 6.54. The van der Waals surface area contributed by atoms with Gasteiger partial charge in [0.2, 0.25) is 5.91 Å². The first-order chi connectivity index (χ1) is 9.07. The van der Waals surface area contributed by atoms with Gasteiger partial charge in [0.05, 0.1) is 11.5 Å². The second kappa shape index (κ2) is 5.41. The summed E-state index contributed by atoms with van der Waals surface area (Å²) in [5, 5.41) is 12.3. The van der Waals surface area contributed by atoms with E-state index in [1.807, 2.05) is 44.2 Å². The molecule has 1 N–H and O–H groups in total. The minimum absolute atomic E-state index is 0.0201. The van der Waals surface area contributed by atoms with E-state index in [0.717, 1.165) is 12.1 Å². The maximum atomic E-state index is 12.7. The van der Waals surface area contributed by atoms with Gasteiger partial charge in [0.25, 0.3) is 0 Å². The predicted molar refractivity (Wildman–Crippen MR) is 73.5 cm³/mol. The Kier molecular flexibility index (Phi) is 3.87. The standard InChI is InChI=1S/C15H19N3O/c1-15(2,12-6-4-3-5-7-12)14(19)18-9-8-17-11-13(18)10-16/h3-7,13,17H,8-9,11H2,1-2H3. The lowest BCUT2D eigenvalue weighted by Crippen LogP contribution is -2.57. The van der Waals surface area contributed by atoms with E-state index in [4.69, 9.17) is 5.26 Å². The molecule has 4 nitrogen and oxygen atoms in total. The van der Waals surface area contributed by atoms with Crippen LogP contribution in [-0.2, 0) is 10.2 Å². The molecule has 1 unspecified atom stereocenters. The Hall–Kier alpha value is -1.86. The van der Waals surface area contributed by atoms with Crippen LogP contribution in [0.1, 0.15) is 19.4 Å². The van der Waals surface area contributed by atoms with Gasteiger partial charge in [0, 0.05) is 19.6 Å². The molecule has 0 spiro atoms. The second-order valence-electron chi connectivity index (χ2n) is 5.34. The molecule has 19 heavy (non-hydrogen) atoms. The molecule has 1 fully saturated rings. The molecule has 1 atom stereocenters. The van der Waals surface area contributed by atoms with E-state index in [0.29, 0.717) is 13.1 Å². The highest BCUT2D eigenvalue weighted by atomic mass is 16.2. The van der Waals surface area contributed by atoms with Gasteiger partial charge in [-0.3, -0.25) is 4.79 Å². The van der Waals surface area contributed by atoms with E-state index in [1.54, 1.807) is 4.90 Å². The molecule has 0 radical (unpaired) electrons. The fourth-order valence-corrected chi connectivity index (χ4v) is 2.40. The number of hydrogen-bond acceptors (Lipinski definition) is 3. The number of carbonyl (C=O) groups excluding carboxylic acids is 1. The largest absolute Gasteiger partial charge is 0.323 e. The third-order valence-electron chi connectivity index (χ3n) is 3.68. The summed E-state index contributed by atoms with van der Waals surface area (Å²) in [5.74, 6) is 0.0201. The summed E-state index contributed by atoms with van der Waals surface area (Å²) in [4.78, 5) is 14.4. The third-order valence-corrected chi connectivity index (χ3v) is 3.68. The van der Waals surface area contributed by atoms with Crippen LogP contribution >= 0.6 is 0 Å². The average Bonchev–Trinajstić information content (AvgIpc) is 2.47. The highest BCUT2D eigenvalue weighted by Gasteiger charge is 2.37. The molecular weight excluding hydrogens is 238 g/mol. The Morgan fingerprint density at radius 3 is 2.74 bits per heavy atom. The summed E-state index contributed by atoms with van der Waals surface area (Å²) in [6.45, 7) is 5.72. The molecule has 1 amide bonds. The molecule has 1 heterocycles. The fraction of sp³-hybridized carbons (Fsp3) is 0.467.